The molecule has 0 aliphatic carbocycles. The molecule has 0 amide bonds. The number of aromatic nitrogens is 4. The number of nitrogens with zero attached hydrogens (tertiary/aromatic N) is 4. The second-order valence-corrected chi connectivity index (χ2v) is 15.9. The van der Waals surface area contributed by atoms with Crippen molar-refractivity contribution < 1.29 is 32.7 Å². The Hall–Kier alpha value is -6.72. The summed E-state index contributed by atoms with van der Waals surface area (Å²) < 4.78 is 52.5. The molecule has 10 aromatic rings. The number of pyridine rings is 1. The van der Waals surface area contributed by atoms with E-state index in [0.717, 1.165) is 44.6 Å². The van der Waals surface area contributed by atoms with E-state index in [2.05, 4.69) is 146 Å². The summed E-state index contributed by atoms with van der Waals surface area (Å²) in [7, 11) is 0. The quantitative estimate of drug-likeness (QED) is 0.142. The van der Waals surface area contributed by atoms with Crippen LogP contribution < -0.4 is 0 Å². The standard InChI is InChI=1S/C44H36N3O.C13H12N.Ir/c1-28(2)35-24-33(30-16-8-5-9-17-30)25-36(29(3)4)42(35)47-39-23-15-14-22-38(39)45-43(47)34-26-37(31-18-10-6-11-19-31)41-40(27-34)48-44(46-41)32-20-12-7-13-21-32;1-10-3-6-12(7-4-10)13-8-5-11(2)9-14-13;/h5-26,28-29H,1-4H3;3-6,8-9H,1-2H3;/q2*-1;/i;1D3,2D3;. The summed E-state index contributed by atoms with van der Waals surface area (Å²) in [5.41, 5.74) is 14.9. The van der Waals surface area contributed by atoms with Crippen LogP contribution in [-0.2, 0) is 20.1 Å². The summed E-state index contributed by atoms with van der Waals surface area (Å²) in [6, 6.07) is 60.5. The van der Waals surface area contributed by atoms with Crippen molar-refractivity contribution in [2.75, 3.05) is 0 Å². The minimum absolute atomic E-state index is 0. The fourth-order valence-corrected chi connectivity index (χ4v) is 7.81. The Morgan fingerprint density at radius 1 is 0.603 bits per heavy atom. The first kappa shape index (κ1) is 35.8. The van der Waals surface area contributed by atoms with Crippen LogP contribution in [0.2, 0.25) is 0 Å². The molecule has 0 spiro atoms. The largest absolute Gasteiger partial charge is 0.457 e. The van der Waals surface area contributed by atoms with Crippen molar-refractivity contribution in [3.8, 4) is 62.0 Å². The van der Waals surface area contributed by atoms with Crippen molar-refractivity contribution in [2.24, 2.45) is 0 Å². The molecule has 0 bridgehead atoms. The van der Waals surface area contributed by atoms with Gasteiger partial charge in [0.05, 0.1) is 22.4 Å². The molecule has 0 unspecified atom stereocenters. The summed E-state index contributed by atoms with van der Waals surface area (Å²) in [6.45, 7) is 4.78. The fraction of sp³-hybridized carbons (Fsp3) is 0.140. The Morgan fingerprint density at radius 3 is 1.83 bits per heavy atom. The monoisotopic (exact) mass is 1000 g/mol. The molecule has 7 aromatic carbocycles. The van der Waals surface area contributed by atoms with Gasteiger partial charge in [-0.05, 0) is 94.2 Å². The minimum atomic E-state index is -2.18. The maximum Gasteiger partial charge on any atom is 0.215 e. The molecule has 3 heterocycles. The SMILES string of the molecule is CC(C)c1cc(-c2ccccc2)cc(C(C)C)c1-n1c(-c2[c-]c3oc(-c4ccccc4)nc3c(-c3ccccc3)c2)nc2ccccc21.[2H]C([2H])([2H])c1c[c-]c(-c2ccc(C([2H])([2H])[2H])cn2)cc1.[Ir]. The van der Waals surface area contributed by atoms with E-state index >= 15 is 0 Å². The predicted molar refractivity (Wildman–Crippen MR) is 255 cm³/mol. The Morgan fingerprint density at radius 2 is 1.22 bits per heavy atom. The van der Waals surface area contributed by atoms with Crippen LogP contribution in [0.1, 0.15) is 70.0 Å². The first-order valence-corrected chi connectivity index (χ1v) is 20.8. The zero-order chi connectivity index (χ0) is 47.7. The number of rotatable bonds is 8. The van der Waals surface area contributed by atoms with Crippen molar-refractivity contribution in [1.82, 2.24) is 19.5 Å². The van der Waals surface area contributed by atoms with E-state index in [1.165, 1.54) is 52.3 Å². The van der Waals surface area contributed by atoms with Crippen LogP contribution in [0.4, 0.5) is 0 Å². The van der Waals surface area contributed by atoms with Crippen molar-refractivity contribution in [1.29, 1.82) is 0 Å². The van der Waals surface area contributed by atoms with E-state index in [1.807, 2.05) is 36.4 Å². The zero-order valence-electron chi connectivity index (χ0n) is 41.4. The third kappa shape index (κ3) is 8.97. The van der Waals surface area contributed by atoms with Crippen LogP contribution in [0.3, 0.4) is 0 Å². The summed E-state index contributed by atoms with van der Waals surface area (Å²) in [5.74, 6) is 1.93. The second-order valence-electron chi connectivity index (χ2n) is 15.9. The third-order valence-corrected chi connectivity index (χ3v) is 10.9. The third-order valence-electron chi connectivity index (χ3n) is 10.9. The first-order chi connectivity index (χ1) is 32.6. The van der Waals surface area contributed by atoms with Crippen molar-refractivity contribution in [3.63, 3.8) is 0 Å². The van der Waals surface area contributed by atoms with Crippen molar-refractivity contribution in [2.45, 2.75) is 53.2 Å². The Kier molecular flexibility index (Phi) is 10.6. The molecule has 0 saturated heterocycles. The van der Waals surface area contributed by atoms with Gasteiger partial charge < -0.3 is 14.0 Å². The van der Waals surface area contributed by atoms with Crippen LogP contribution in [0.25, 0.3) is 84.2 Å². The van der Waals surface area contributed by atoms with E-state index in [9.17, 15) is 0 Å². The normalized spacial score (nSPS) is 13.0. The van der Waals surface area contributed by atoms with E-state index in [4.69, 9.17) is 22.6 Å². The average molecular weight is 1000 g/mol. The molecule has 313 valence electrons. The second kappa shape index (κ2) is 18.7. The number of para-hydroxylation sites is 2. The molecule has 10 rings (SSSR count). The van der Waals surface area contributed by atoms with Crippen LogP contribution in [0.15, 0.2) is 174 Å². The van der Waals surface area contributed by atoms with E-state index in [-0.39, 0.29) is 43.1 Å². The van der Waals surface area contributed by atoms with Crippen molar-refractivity contribution >= 4 is 22.1 Å². The van der Waals surface area contributed by atoms with Crippen LogP contribution in [-0.4, -0.2) is 19.5 Å². The first-order valence-electron chi connectivity index (χ1n) is 23.8. The van der Waals surface area contributed by atoms with Crippen LogP contribution in [0.5, 0.6) is 0 Å². The van der Waals surface area contributed by atoms with Gasteiger partial charge in [-0.2, -0.15) is 0 Å². The van der Waals surface area contributed by atoms with Crippen molar-refractivity contribution in [3.05, 3.63) is 204 Å². The van der Waals surface area contributed by atoms with Gasteiger partial charge in [-0.25, -0.2) is 0 Å². The summed E-state index contributed by atoms with van der Waals surface area (Å²) in [6.07, 6.45) is 1.30. The summed E-state index contributed by atoms with van der Waals surface area (Å²) in [5, 5.41) is 0. The Labute approximate surface area is 392 Å². The molecule has 1 radical (unpaired) electrons. The molecule has 0 aliphatic heterocycles. The molecule has 0 aliphatic rings. The molecule has 6 heteroatoms. The van der Waals surface area contributed by atoms with Crippen LogP contribution >= 0.6 is 0 Å². The van der Waals surface area contributed by atoms with Crippen LogP contribution in [0, 0.1) is 25.8 Å². The molecule has 0 saturated carbocycles. The van der Waals surface area contributed by atoms with E-state index < -0.39 is 13.7 Å². The maximum atomic E-state index is 7.28. The van der Waals surface area contributed by atoms with Gasteiger partial charge in [0.2, 0.25) is 5.89 Å². The molecule has 5 nitrogen and oxygen atoms in total. The number of benzene rings is 7. The molecule has 63 heavy (non-hydrogen) atoms. The Bertz CT molecular complexity index is 3260. The average Bonchev–Trinajstić information content (AvgIpc) is 3.96. The number of imidazole rings is 1. The summed E-state index contributed by atoms with van der Waals surface area (Å²) >= 11 is 0. The van der Waals surface area contributed by atoms with Gasteiger partial charge in [0.25, 0.3) is 0 Å². The molecule has 3 aromatic heterocycles. The van der Waals surface area contributed by atoms with Gasteiger partial charge in [0.1, 0.15) is 0 Å². The topological polar surface area (TPSA) is 56.7 Å². The number of fused-ring (bicyclic) bond motifs is 2. The molecular weight excluding hydrogens is 949 g/mol. The molecular formula is C57H48IrN4O-2. The van der Waals surface area contributed by atoms with Gasteiger partial charge in [-0.15, -0.1) is 47.0 Å². The Balaban J connectivity index is 0.000000257. The van der Waals surface area contributed by atoms with Gasteiger partial charge in [-0.1, -0.05) is 149 Å². The smallest absolute Gasteiger partial charge is 0.215 e. The zero-order valence-corrected chi connectivity index (χ0v) is 37.7. The minimum Gasteiger partial charge on any atom is -0.457 e. The van der Waals surface area contributed by atoms with Gasteiger partial charge in [-0.3, -0.25) is 9.97 Å². The van der Waals surface area contributed by atoms with E-state index in [0.29, 0.717) is 22.7 Å². The number of oxazole rings is 1. The number of aryl methyl sites for hydroxylation is 2. The fourth-order valence-electron chi connectivity index (χ4n) is 7.81. The summed E-state index contributed by atoms with van der Waals surface area (Å²) in [4.78, 5) is 14.4. The molecule has 0 atom stereocenters. The van der Waals surface area contributed by atoms with Gasteiger partial charge >= 0.3 is 0 Å². The van der Waals surface area contributed by atoms with E-state index in [1.54, 1.807) is 12.1 Å². The van der Waals surface area contributed by atoms with Gasteiger partial charge in [0, 0.05) is 51.3 Å². The predicted octanol–water partition coefficient (Wildman–Crippen LogP) is 15.0. The number of hydrogen-bond donors (Lipinski definition) is 0. The number of hydrogen-bond acceptors (Lipinski definition) is 4. The van der Waals surface area contributed by atoms with Gasteiger partial charge in [0.15, 0.2) is 0 Å². The molecule has 0 N–H and O–H groups in total. The maximum absolute atomic E-state index is 7.28. The molecule has 0 fully saturated rings.